The highest BCUT2D eigenvalue weighted by Gasteiger charge is 2.09. The van der Waals surface area contributed by atoms with E-state index in [0.717, 1.165) is 5.71 Å². The third-order valence-electron chi connectivity index (χ3n) is 1.21. The van der Waals surface area contributed by atoms with Crippen molar-refractivity contribution in [1.29, 1.82) is 0 Å². The quantitative estimate of drug-likeness (QED) is 0.498. The fourth-order valence-corrected chi connectivity index (χ4v) is 0.572. The molecule has 0 atom stereocenters. The van der Waals surface area contributed by atoms with Crippen molar-refractivity contribution < 1.29 is 9.57 Å². The first-order valence-electron chi connectivity index (χ1n) is 3.11. The first kappa shape index (κ1) is 7.05. The zero-order valence-corrected chi connectivity index (χ0v) is 6.13. The van der Waals surface area contributed by atoms with Crippen LogP contribution >= 0.6 is 0 Å². The average molecular weight is 142 g/mol. The van der Waals surface area contributed by atoms with E-state index in [-0.39, 0.29) is 0 Å². The van der Waals surface area contributed by atoms with E-state index in [1.165, 1.54) is 0 Å². The minimum atomic E-state index is 0.494. The van der Waals surface area contributed by atoms with E-state index in [1.807, 2.05) is 6.92 Å². The van der Waals surface area contributed by atoms with Crippen molar-refractivity contribution in [2.45, 2.75) is 6.92 Å². The van der Waals surface area contributed by atoms with Crippen molar-refractivity contribution in [3.63, 3.8) is 0 Å². The number of hydrogen-bond acceptors (Lipinski definition) is 4. The lowest BCUT2D eigenvalue weighted by Crippen LogP contribution is -2.22. The number of nitrogens with zero attached hydrogens (tertiary/aromatic N) is 2. The highest BCUT2D eigenvalue weighted by molar-refractivity contribution is 6.37. The van der Waals surface area contributed by atoms with Crippen LogP contribution in [0.3, 0.4) is 0 Å². The average Bonchev–Trinajstić information content (AvgIpc) is 2.05. The van der Waals surface area contributed by atoms with Gasteiger partial charge in [0.2, 0.25) is 0 Å². The molecular weight excluding hydrogens is 132 g/mol. The number of hydrogen-bond donors (Lipinski definition) is 0. The second-order valence-electron chi connectivity index (χ2n) is 1.89. The second kappa shape index (κ2) is 3.20. The maximum Gasteiger partial charge on any atom is 0.271 e. The van der Waals surface area contributed by atoms with Crippen LogP contribution in [0, 0.1) is 0 Å². The highest BCUT2D eigenvalue weighted by Crippen LogP contribution is 1.95. The van der Waals surface area contributed by atoms with E-state index in [1.54, 1.807) is 7.05 Å². The van der Waals surface area contributed by atoms with Crippen molar-refractivity contribution in [2.75, 3.05) is 20.3 Å². The Labute approximate surface area is 59.5 Å². The maximum absolute atomic E-state index is 5.12. The Hall–Kier alpha value is -1.06. The van der Waals surface area contributed by atoms with Gasteiger partial charge in [0.1, 0.15) is 6.61 Å². The molecule has 0 N–H and O–H groups in total. The van der Waals surface area contributed by atoms with Crippen molar-refractivity contribution in [3.8, 4) is 0 Å². The second-order valence-corrected chi connectivity index (χ2v) is 1.89. The zero-order valence-electron chi connectivity index (χ0n) is 6.13. The molecule has 0 amide bonds. The van der Waals surface area contributed by atoms with Crippen molar-refractivity contribution >= 4 is 11.6 Å². The predicted octanol–water partition coefficient (Wildman–Crippen LogP) is 0.437. The Bertz CT molecular complexity index is 175. The molecule has 0 aromatic carbocycles. The van der Waals surface area contributed by atoms with Crippen molar-refractivity contribution in [1.82, 2.24) is 0 Å². The van der Waals surface area contributed by atoms with Gasteiger partial charge in [-0.25, -0.2) is 0 Å². The molecule has 4 nitrogen and oxygen atoms in total. The first-order chi connectivity index (χ1) is 4.84. The topological polar surface area (TPSA) is 43.2 Å². The molecule has 1 aliphatic rings. The largest absolute Gasteiger partial charge is 0.471 e. The SMILES string of the molecule is C/N=C(\C)C1=NOCCO1. The van der Waals surface area contributed by atoms with Crippen LogP contribution in [0.1, 0.15) is 6.92 Å². The molecule has 1 heterocycles. The summed E-state index contributed by atoms with van der Waals surface area (Å²) in [6.45, 7) is 2.92. The van der Waals surface area contributed by atoms with Gasteiger partial charge < -0.3 is 9.57 Å². The Morgan fingerprint density at radius 2 is 2.40 bits per heavy atom. The van der Waals surface area contributed by atoms with Crippen LogP contribution < -0.4 is 0 Å². The van der Waals surface area contributed by atoms with Gasteiger partial charge in [0.15, 0.2) is 6.61 Å². The highest BCUT2D eigenvalue weighted by atomic mass is 16.7. The molecule has 56 valence electrons. The first-order valence-corrected chi connectivity index (χ1v) is 3.11. The summed E-state index contributed by atoms with van der Waals surface area (Å²) in [5, 5.41) is 3.66. The van der Waals surface area contributed by atoms with Gasteiger partial charge in [-0.3, -0.25) is 4.99 Å². The minimum Gasteiger partial charge on any atom is -0.471 e. The summed E-state index contributed by atoms with van der Waals surface area (Å²) in [7, 11) is 1.69. The molecule has 0 spiro atoms. The summed E-state index contributed by atoms with van der Waals surface area (Å²) in [4.78, 5) is 8.68. The van der Waals surface area contributed by atoms with E-state index in [2.05, 4.69) is 10.1 Å². The molecule has 0 saturated carbocycles. The standard InChI is InChI=1S/C6H10N2O2/c1-5(7-2)6-8-10-4-3-9-6/h3-4H2,1-2H3/b7-5+. The van der Waals surface area contributed by atoms with Gasteiger partial charge in [-0.2, -0.15) is 0 Å². The smallest absolute Gasteiger partial charge is 0.271 e. The van der Waals surface area contributed by atoms with Gasteiger partial charge in [0, 0.05) is 7.05 Å². The Kier molecular flexibility index (Phi) is 2.25. The van der Waals surface area contributed by atoms with Crippen LogP contribution in [-0.2, 0) is 9.57 Å². The molecule has 10 heavy (non-hydrogen) atoms. The molecular formula is C6H10N2O2. The van der Waals surface area contributed by atoms with E-state index < -0.39 is 0 Å². The summed E-state index contributed by atoms with van der Waals surface area (Å²) in [5.74, 6) is 0.494. The molecule has 0 fully saturated rings. The summed E-state index contributed by atoms with van der Waals surface area (Å²) in [6, 6.07) is 0. The summed E-state index contributed by atoms with van der Waals surface area (Å²) < 4.78 is 5.12. The molecule has 0 bridgehead atoms. The number of ether oxygens (including phenoxy) is 1. The lowest BCUT2D eigenvalue weighted by atomic mass is 10.4. The third-order valence-corrected chi connectivity index (χ3v) is 1.21. The Balaban J connectivity index is 2.62. The number of rotatable bonds is 1. The van der Waals surface area contributed by atoms with Crippen LogP contribution in [-0.4, -0.2) is 31.9 Å². The van der Waals surface area contributed by atoms with Gasteiger partial charge in [-0.05, 0) is 12.1 Å². The van der Waals surface area contributed by atoms with Crippen LogP contribution in [0.5, 0.6) is 0 Å². The lowest BCUT2D eigenvalue weighted by molar-refractivity contribution is 0.0675. The summed E-state index contributed by atoms with van der Waals surface area (Å²) in [6.07, 6.45) is 0. The van der Waals surface area contributed by atoms with Gasteiger partial charge in [0.25, 0.3) is 5.90 Å². The van der Waals surface area contributed by atoms with Crippen molar-refractivity contribution in [3.05, 3.63) is 0 Å². The molecule has 0 aromatic heterocycles. The van der Waals surface area contributed by atoms with Crippen LogP contribution in [0.15, 0.2) is 10.1 Å². The summed E-state index contributed by atoms with van der Waals surface area (Å²) >= 11 is 0. The molecule has 0 unspecified atom stereocenters. The van der Waals surface area contributed by atoms with Crippen LogP contribution in [0.2, 0.25) is 0 Å². The maximum atomic E-state index is 5.12. The predicted molar refractivity (Wildman–Crippen MR) is 38.4 cm³/mol. The minimum absolute atomic E-state index is 0.494. The van der Waals surface area contributed by atoms with Crippen molar-refractivity contribution in [2.24, 2.45) is 10.1 Å². The number of aliphatic imine (C=N–C) groups is 1. The monoisotopic (exact) mass is 142 g/mol. The fourth-order valence-electron chi connectivity index (χ4n) is 0.572. The van der Waals surface area contributed by atoms with E-state index in [0.29, 0.717) is 19.1 Å². The molecule has 4 heteroatoms. The third kappa shape index (κ3) is 1.46. The fraction of sp³-hybridized carbons (Fsp3) is 0.667. The van der Waals surface area contributed by atoms with E-state index in [4.69, 9.17) is 9.57 Å². The Morgan fingerprint density at radius 3 is 2.90 bits per heavy atom. The van der Waals surface area contributed by atoms with Gasteiger partial charge in [0.05, 0.1) is 5.71 Å². The van der Waals surface area contributed by atoms with E-state index >= 15 is 0 Å². The van der Waals surface area contributed by atoms with Gasteiger partial charge >= 0.3 is 0 Å². The van der Waals surface area contributed by atoms with Crippen LogP contribution in [0.25, 0.3) is 0 Å². The molecule has 1 aliphatic heterocycles. The molecule has 1 rings (SSSR count). The molecule has 0 radical (unpaired) electrons. The van der Waals surface area contributed by atoms with Gasteiger partial charge in [-0.1, -0.05) is 0 Å². The lowest BCUT2D eigenvalue weighted by Gasteiger charge is -2.12. The summed E-state index contributed by atoms with van der Waals surface area (Å²) in [5.41, 5.74) is 0.764. The zero-order chi connectivity index (χ0) is 7.40. The molecule has 0 aliphatic carbocycles. The molecule has 0 saturated heterocycles. The van der Waals surface area contributed by atoms with E-state index in [9.17, 15) is 0 Å². The number of oxime groups is 1. The normalized spacial score (nSPS) is 19.0. The van der Waals surface area contributed by atoms with Gasteiger partial charge in [-0.15, -0.1) is 0 Å². The molecule has 0 aromatic rings. The van der Waals surface area contributed by atoms with Crippen LogP contribution in [0.4, 0.5) is 0 Å². The Morgan fingerprint density at radius 1 is 1.60 bits per heavy atom.